The molecule has 2 heterocycles. The largest absolute Gasteiger partial charge is 0.396 e. The summed E-state index contributed by atoms with van der Waals surface area (Å²) in [5, 5.41) is 13.8. The maximum absolute atomic E-state index is 12.6. The van der Waals surface area contributed by atoms with Crippen LogP contribution in [0, 0.1) is 5.92 Å². The first-order valence-corrected chi connectivity index (χ1v) is 8.13. The highest BCUT2D eigenvalue weighted by Gasteiger charge is 2.31. The lowest BCUT2D eigenvalue weighted by Crippen LogP contribution is -2.55. The van der Waals surface area contributed by atoms with Gasteiger partial charge in [0.15, 0.2) is 5.69 Å². The van der Waals surface area contributed by atoms with Gasteiger partial charge in [0.2, 0.25) is 0 Å². The summed E-state index contributed by atoms with van der Waals surface area (Å²) in [7, 11) is 1.75. The van der Waals surface area contributed by atoms with Gasteiger partial charge in [-0.05, 0) is 12.3 Å². The lowest BCUT2D eigenvalue weighted by atomic mass is 10.1. The number of carbonyl (C=O) groups excluding carboxylic acids is 1. The first-order chi connectivity index (χ1) is 10.4. The highest BCUT2D eigenvalue weighted by atomic mass is 35.5. The second-order valence-electron chi connectivity index (χ2n) is 6.31. The van der Waals surface area contributed by atoms with Crippen molar-refractivity contribution < 1.29 is 9.90 Å². The fourth-order valence-electron chi connectivity index (χ4n) is 2.96. The predicted octanol–water partition coefficient (Wildman–Crippen LogP) is 1.24. The van der Waals surface area contributed by atoms with Crippen LogP contribution < -0.4 is 0 Å². The van der Waals surface area contributed by atoms with E-state index in [-0.39, 0.29) is 18.6 Å². The quantitative estimate of drug-likeness (QED) is 0.883. The van der Waals surface area contributed by atoms with E-state index in [2.05, 4.69) is 23.8 Å². The van der Waals surface area contributed by atoms with Gasteiger partial charge in [-0.25, -0.2) is 0 Å². The number of aryl methyl sites for hydroxylation is 1. The SMILES string of the molecule is CC(C)CN1CCN(C(=O)c2nn(C)cc2Cl)CC1CCO. The van der Waals surface area contributed by atoms with Crippen LogP contribution in [0.2, 0.25) is 5.02 Å². The first-order valence-electron chi connectivity index (χ1n) is 7.75. The van der Waals surface area contributed by atoms with E-state index in [1.807, 2.05) is 0 Å². The Morgan fingerprint density at radius 2 is 2.23 bits per heavy atom. The summed E-state index contributed by atoms with van der Waals surface area (Å²) in [6.45, 7) is 7.57. The number of carbonyl (C=O) groups is 1. The van der Waals surface area contributed by atoms with E-state index in [9.17, 15) is 9.90 Å². The molecule has 1 aromatic rings. The summed E-state index contributed by atoms with van der Waals surface area (Å²) in [5.41, 5.74) is 0.309. The summed E-state index contributed by atoms with van der Waals surface area (Å²) in [4.78, 5) is 16.8. The van der Waals surface area contributed by atoms with Crippen molar-refractivity contribution in [1.82, 2.24) is 19.6 Å². The van der Waals surface area contributed by atoms with E-state index in [1.54, 1.807) is 22.8 Å². The number of aliphatic hydroxyl groups excluding tert-OH is 1. The second-order valence-corrected chi connectivity index (χ2v) is 6.71. The van der Waals surface area contributed by atoms with Crippen LogP contribution in [0.4, 0.5) is 0 Å². The number of aromatic nitrogens is 2. The Morgan fingerprint density at radius 1 is 1.50 bits per heavy atom. The van der Waals surface area contributed by atoms with Gasteiger partial charge >= 0.3 is 0 Å². The number of rotatable bonds is 5. The summed E-state index contributed by atoms with van der Waals surface area (Å²) in [5.74, 6) is 0.436. The molecule has 1 aliphatic heterocycles. The van der Waals surface area contributed by atoms with Crippen LogP contribution in [0.25, 0.3) is 0 Å². The number of hydrogen-bond acceptors (Lipinski definition) is 4. The number of halogens is 1. The zero-order chi connectivity index (χ0) is 16.3. The Morgan fingerprint density at radius 3 is 2.77 bits per heavy atom. The lowest BCUT2D eigenvalue weighted by Gasteiger charge is -2.42. The van der Waals surface area contributed by atoms with E-state index in [0.29, 0.717) is 36.1 Å². The number of amides is 1. The van der Waals surface area contributed by atoms with Crippen molar-refractivity contribution in [1.29, 1.82) is 0 Å². The van der Waals surface area contributed by atoms with Crippen molar-refractivity contribution >= 4 is 17.5 Å². The fourth-order valence-corrected chi connectivity index (χ4v) is 3.22. The Labute approximate surface area is 136 Å². The maximum atomic E-state index is 12.6. The third-order valence-corrected chi connectivity index (χ3v) is 4.22. The third kappa shape index (κ3) is 4.00. The van der Waals surface area contributed by atoms with Gasteiger partial charge in [-0.1, -0.05) is 25.4 Å². The molecule has 1 unspecified atom stereocenters. The van der Waals surface area contributed by atoms with Gasteiger partial charge in [-0.3, -0.25) is 14.4 Å². The van der Waals surface area contributed by atoms with Crippen molar-refractivity contribution in [2.45, 2.75) is 26.3 Å². The minimum Gasteiger partial charge on any atom is -0.396 e. The molecule has 7 heteroatoms. The molecule has 22 heavy (non-hydrogen) atoms. The maximum Gasteiger partial charge on any atom is 0.276 e. The molecule has 0 saturated carbocycles. The van der Waals surface area contributed by atoms with Crippen LogP contribution in [-0.2, 0) is 7.05 Å². The molecular weight excluding hydrogens is 304 g/mol. The summed E-state index contributed by atoms with van der Waals surface area (Å²) in [6.07, 6.45) is 2.31. The van der Waals surface area contributed by atoms with E-state index in [4.69, 9.17) is 11.6 Å². The molecule has 1 aromatic heterocycles. The number of aliphatic hydroxyl groups is 1. The molecule has 1 N–H and O–H groups in total. The molecule has 2 rings (SSSR count). The Balaban J connectivity index is 2.07. The summed E-state index contributed by atoms with van der Waals surface area (Å²) < 4.78 is 1.55. The highest BCUT2D eigenvalue weighted by Crippen LogP contribution is 2.20. The molecular formula is C15H25ClN4O2. The minimum atomic E-state index is -0.127. The zero-order valence-corrected chi connectivity index (χ0v) is 14.3. The van der Waals surface area contributed by atoms with Crippen LogP contribution in [0.1, 0.15) is 30.8 Å². The highest BCUT2D eigenvalue weighted by molar-refractivity contribution is 6.33. The molecule has 0 spiro atoms. The number of hydrogen-bond donors (Lipinski definition) is 1. The Kier molecular flexibility index (Phi) is 5.83. The van der Waals surface area contributed by atoms with Crippen molar-refractivity contribution in [3.8, 4) is 0 Å². The van der Waals surface area contributed by atoms with Crippen LogP contribution in [-0.4, -0.2) is 69.4 Å². The van der Waals surface area contributed by atoms with Crippen LogP contribution in [0.3, 0.4) is 0 Å². The molecule has 1 amide bonds. The van der Waals surface area contributed by atoms with Gasteiger partial charge in [-0.15, -0.1) is 0 Å². The smallest absolute Gasteiger partial charge is 0.276 e. The van der Waals surface area contributed by atoms with Crippen molar-refractivity contribution in [3.63, 3.8) is 0 Å². The van der Waals surface area contributed by atoms with Gasteiger partial charge < -0.3 is 10.0 Å². The van der Waals surface area contributed by atoms with E-state index in [1.165, 1.54) is 0 Å². The standard InChI is InChI=1S/C15H25ClN4O2/c1-11(2)8-19-5-6-20(9-12(19)4-7-21)15(22)14-13(16)10-18(3)17-14/h10-12,21H,4-9H2,1-3H3. The predicted molar refractivity (Wildman–Crippen MR) is 86.0 cm³/mol. The third-order valence-electron chi connectivity index (χ3n) is 3.94. The van der Waals surface area contributed by atoms with Crippen molar-refractivity contribution in [3.05, 3.63) is 16.9 Å². The van der Waals surface area contributed by atoms with Crippen LogP contribution >= 0.6 is 11.6 Å². The summed E-state index contributed by atoms with van der Waals surface area (Å²) in [6, 6.07) is 0.188. The van der Waals surface area contributed by atoms with Crippen molar-refractivity contribution in [2.75, 3.05) is 32.8 Å². The zero-order valence-electron chi connectivity index (χ0n) is 13.5. The monoisotopic (exact) mass is 328 g/mol. The first kappa shape index (κ1) is 17.2. The molecule has 1 saturated heterocycles. The van der Waals surface area contributed by atoms with E-state index in [0.717, 1.165) is 13.1 Å². The molecule has 124 valence electrons. The molecule has 0 bridgehead atoms. The van der Waals surface area contributed by atoms with Gasteiger partial charge in [-0.2, -0.15) is 5.10 Å². The normalized spacial score (nSPS) is 19.9. The molecule has 1 aliphatic rings. The lowest BCUT2D eigenvalue weighted by molar-refractivity contribution is 0.0380. The molecule has 1 fully saturated rings. The molecule has 6 nitrogen and oxygen atoms in total. The average Bonchev–Trinajstić information content (AvgIpc) is 2.78. The summed E-state index contributed by atoms with van der Waals surface area (Å²) >= 11 is 6.07. The van der Waals surface area contributed by atoms with Crippen molar-refractivity contribution in [2.24, 2.45) is 13.0 Å². The molecule has 0 radical (unpaired) electrons. The second kappa shape index (κ2) is 7.44. The van der Waals surface area contributed by atoms with Gasteiger partial charge in [0, 0.05) is 52.1 Å². The molecule has 1 atom stereocenters. The average molecular weight is 329 g/mol. The van der Waals surface area contributed by atoms with E-state index >= 15 is 0 Å². The van der Waals surface area contributed by atoms with Crippen LogP contribution in [0.5, 0.6) is 0 Å². The van der Waals surface area contributed by atoms with Gasteiger partial charge in [0.1, 0.15) is 0 Å². The number of nitrogens with zero attached hydrogens (tertiary/aromatic N) is 4. The minimum absolute atomic E-state index is 0.127. The fraction of sp³-hybridized carbons (Fsp3) is 0.733. The van der Waals surface area contributed by atoms with Gasteiger partial charge in [0.25, 0.3) is 5.91 Å². The molecule has 0 aliphatic carbocycles. The number of piperazine rings is 1. The Hall–Kier alpha value is -1.11. The van der Waals surface area contributed by atoms with Crippen LogP contribution in [0.15, 0.2) is 6.20 Å². The van der Waals surface area contributed by atoms with Gasteiger partial charge in [0.05, 0.1) is 5.02 Å². The molecule has 0 aromatic carbocycles. The Bertz CT molecular complexity index is 518. The van der Waals surface area contributed by atoms with E-state index < -0.39 is 0 Å². The topological polar surface area (TPSA) is 61.6 Å².